The van der Waals surface area contributed by atoms with E-state index >= 15 is 0 Å². The Morgan fingerprint density at radius 3 is 2.66 bits per heavy atom. The highest BCUT2D eigenvalue weighted by Crippen LogP contribution is 2.29. The molecule has 0 amide bonds. The summed E-state index contributed by atoms with van der Waals surface area (Å²) in [4.78, 5) is 12.6. The second-order valence-electron chi connectivity index (χ2n) is 6.85. The first-order chi connectivity index (χ1) is 13.9. The summed E-state index contributed by atoms with van der Waals surface area (Å²) in [5.74, 6) is 1.26. The molecule has 3 aromatic rings. The first kappa shape index (κ1) is 21.5. The number of Topliss-reactive ketones (excluding diaryl/α,β-unsaturated/α-hetero) is 1. The molecule has 152 valence electrons. The van der Waals surface area contributed by atoms with Crippen molar-refractivity contribution in [2.24, 2.45) is 5.92 Å². The Morgan fingerprint density at radius 1 is 1.24 bits per heavy atom. The fourth-order valence-corrected chi connectivity index (χ4v) is 4.20. The summed E-state index contributed by atoms with van der Waals surface area (Å²) in [6.07, 6.45) is 0. The van der Waals surface area contributed by atoms with Crippen molar-refractivity contribution in [1.29, 1.82) is 0 Å². The predicted octanol–water partition coefficient (Wildman–Crippen LogP) is 5.49. The van der Waals surface area contributed by atoms with Gasteiger partial charge in [-0.2, -0.15) is 0 Å². The third-order valence-corrected chi connectivity index (χ3v) is 5.77. The van der Waals surface area contributed by atoms with E-state index in [0.717, 1.165) is 4.47 Å². The summed E-state index contributed by atoms with van der Waals surface area (Å²) >= 11 is 4.70. The lowest BCUT2D eigenvalue weighted by atomic mass is 10.1. The van der Waals surface area contributed by atoms with Crippen LogP contribution in [0.4, 0.5) is 4.39 Å². The molecule has 0 radical (unpaired) electrons. The van der Waals surface area contributed by atoms with Crippen molar-refractivity contribution in [3.05, 3.63) is 58.3 Å². The minimum atomic E-state index is -0.347. The molecule has 29 heavy (non-hydrogen) atoms. The Morgan fingerprint density at radius 2 is 2.00 bits per heavy atom. The summed E-state index contributed by atoms with van der Waals surface area (Å²) in [6.45, 7) is 4.76. The Labute approximate surface area is 181 Å². The first-order valence-corrected chi connectivity index (χ1v) is 10.9. The van der Waals surface area contributed by atoms with E-state index < -0.39 is 0 Å². The molecule has 1 aromatic heterocycles. The third-order valence-electron chi connectivity index (χ3n) is 4.19. The monoisotopic (exact) mass is 477 g/mol. The molecule has 3 rings (SSSR count). The SMILES string of the molecule is COc1ccc(C(=O)CSc2nnc(-c3ccccc3F)n2CC(C)C)cc1Br. The zero-order valence-electron chi connectivity index (χ0n) is 16.4. The number of hydrogen-bond acceptors (Lipinski definition) is 5. The van der Waals surface area contributed by atoms with Crippen molar-refractivity contribution < 1.29 is 13.9 Å². The van der Waals surface area contributed by atoms with Gasteiger partial charge < -0.3 is 9.30 Å². The highest BCUT2D eigenvalue weighted by molar-refractivity contribution is 9.10. The molecule has 0 aliphatic heterocycles. The number of nitrogens with zero attached hydrogens (tertiary/aromatic N) is 3. The Balaban J connectivity index is 1.83. The fraction of sp³-hybridized carbons (Fsp3) is 0.286. The zero-order chi connectivity index (χ0) is 21.0. The minimum Gasteiger partial charge on any atom is -0.496 e. The molecule has 1 heterocycles. The van der Waals surface area contributed by atoms with Crippen LogP contribution in [0.25, 0.3) is 11.4 Å². The van der Waals surface area contributed by atoms with E-state index in [1.807, 2.05) is 4.57 Å². The van der Waals surface area contributed by atoms with Gasteiger partial charge in [-0.15, -0.1) is 10.2 Å². The number of ketones is 1. The van der Waals surface area contributed by atoms with Crippen LogP contribution < -0.4 is 4.74 Å². The van der Waals surface area contributed by atoms with Gasteiger partial charge >= 0.3 is 0 Å². The summed E-state index contributed by atoms with van der Waals surface area (Å²) in [6, 6.07) is 11.7. The molecule has 0 atom stereocenters. The minimum absolute atomic E-state index is 0.0371. The van der Waals surface area contributed by atoms with Gasteiger partial charge in [0.05, 0.1) is 22.9 Å². The van der Waals surface area contributed by atoms with E-state index in [2.05, 4.69) is 40.0 Å². The topological polar surface area (TPSA) is 57.0 Å². The molecular formula is C21H21BrFN3O2S. The van der Waals surface area contributed by atoms with Gasteiger partial charge in [0, 0.05) is 12.1 Å². The van der Waals surface area contributed by atoms with Gasteiger partial charge in [0.1, 0.15) is 11.6 Å². The molecule has 0 unspecified atom stereocenters. The molecule has 5 nitrogen and oxygen atoms in total. The van der Waals surface area contributed by atoms with Gasteiger partial charge in [0.15, 0.2) is 16.8 Å². The summed E-state index contributed by atoms with van der Waals surface area (Å²) in [7, 11) is 1.58. The summed E-state index contributed by atoms with van der Waals surface area (Å²) in [5, 5.41) is 9.02. The maximum atomic E-state index is 14.3. The van der Waals surface area contributed by atoms with E-state index in [1.165, 1.54) is 17.8 Å². The highest BCUT2D eigenvalue weighted by atomic mass is 79.9. The molecule has 0 aliphatic carbocycles. The van der Waals surface area contributed by atoms with Crippen LogP contribution in [-0.4, -0.2) is 33.4 Å². The molecule has 0 N–H and O–H groups in total. The molecule has 0 bridgehead atoms. The number of aromatic nitrogens is 3. The van der Waals surface area contributed by atoms with Crippen molar-refractivity contribution in [2.75, 3.05) is 12.9 Å². The second kappa shape index (κ2) is 9.54. The number of methoxy groups -OCH3 is 1. The standard InChI is InChI=1S/C21H21BrFN3O2S/c1-13(2)11-26-20(15-6-4-5-7-17(15)23)24-25-21(26)29-12-18(27)14-8-9-19(28-3)16(22)10-14/h4-10,13H,11-12H2,1-3H3. The maximum Gasteiger partial charge on any atom is 0.191 e. The number of carbonyl (C=O) groups excluding carboxylic acids is 1. The Kier molecular flexibility index (Phi) is 7.08. The number of ether oxygens (including phenoxy) is 1. The van der Waals surface area contributed by atoms with E-state index in [0.29, 0.717) is 40.3 Å². The number of benzene rings is 2. The van der Waals surface area contributed by atoms with Crippen LogP contribution in [0.5, 0.6) is 5.75 Å². The van der Waals surface area contributed by atoms with Crippen LogP contribution in [0.1, 0.15) is 24.2 Å². The average molecular weight is 478 g/mol. The van der Waals surface area contributed by atoms with Gasteiger partial charge in [0.2, 0.25) is 0 Å². The number of thioether (sulfide) groups is 1. The lowest BCUT2D eigenvalue weighted by Crippen LogP contribution is -2.10. The number of hydrogen-bond donors (Lipinski definition) is 0. The largest absolute Gasteiger partial charge is 0.496 e. The maximum absolute atomic E-state index is 14.3. The average Bonchev–Trinajstić information content (AvgIpc) is 3.08. The van der Waals surface area contributed by atoms with Crippen molar-refractivity contribution in [3.63, 3.8) is 0 Å². The van der Waals surface area contributed by atoms with Crippen LogP contribution in [0.15, 0.2) is 52.1 Å². The van der Waals surface area contributed by atoms with Crippen LogP contribution in [0.2, 0.25) is 0 Å². The van der Waals surface area contributed by atoms with Crippen LogP contribution in [0, 0.1) is 11.7 Å². The lowest BCUT2D eigenvalue weighted by Gasteiger charge is -2.13. The van der Waals surface area contributed by atoms with Crippen molar-refractivity contribution in [1.82, 2.24) is 14.8 Å². The fourth-order valence-electron chi connectivity index (χ4n) is 2.82. The van der Waals surface area contributed by atoms with Crippen molar-refractivity contribution >= 4 is 33.5 Å². The molecule has 0 aliphatic rings. The van der Waals surface area contributed by atoms with Crippen LogP contribution in [-0.2, 0) is 6.54 Å². The van der Waals surface area contributed by atoms with Gasteiger partial charge in [-0.3, -0.25) is 4.79 Å². The molecule has 0 fully saturated rings. The first-order valence-electron chi connectivity index (χ1n) is 9.08. The number of rotatable bonds is 8. The van der Waals surface area contributed by atoms with Crippen LogP contribution >= 0.6 is 27.7 Å². The molecular weight excluding hydrogens is 457 g/mol. The van der Waals surface area contributed by atoms with E-state index in [9.17, 15) is 9.18 Å². The number of halogens is 2. The smallest absolute Gasteiger partial charge is 0.191 e. The zero-order valence-corrected chi connectivity index (χ0v) is 18.8. The normalized spacial score (nSPS) is 11.1. The van der Waals surface area contributed by atoms with Crippen LogP contribution in [0.3, 0.4) is 0 Å². The van der Waals surface area contributed by atoms with Crippen molar-refractivity contribution in [2.45, 2.75) is 25.5 Å². The summed E-state index contributed by atoms with van der Waals surface area (Å²) < 4.78 is 22.1. The molecule has 0 spiro atoms. The molecule has 8 heteroatoms. The van der Waals surface area contributed by atoms with Gasteiger partial charge in [-0.05, 0) is 52.2 Å². The summed E-state index contributed by atoms with van der Waals surface area (Å²) in [5.41, 5.74) is 0.979. The predicted molar refractivity (Wildman–Crippen MR) is 116 cm³/mol. The second-order valence-corrected chi connectivity index (χ2v) is 8.65. The lowest BCUT2D eigenvalue weighted by molar-refractivity contribution is 0.102. The van der Waals surface area contributed by atoms with Gasteiger partial charge in [-0.25, -0.2) is 4.39 Å². The van der Waals surface area contributed by atoms with Gasteiger partial charge in [0.25, 0.3) is 0 Å². The molecule has 0 saturated carbocycles. The Hall–Kier alpha value is -2.19. The molecule has 2 aromatic carbocycles. The van der Waals surface area contributed by atoms with Gasteiger partial charge in [-0.1, -0.05) is 37.7 Å². The molecule has 0 saturated heterocycles. The Bertz CT molecular complexity index is 1020. The van der Waals surface area contributed by atoms with E-state index in [4.69, 9.17) is 4.74 Å². The van der Waals surface area contributed by atoms with Crippen molar-refractivity contribution in [3.8, 4) is 17.1 Å². The van der Waals surface area contributed by atoms with E-state index in [-0.39, 0.29) is 17.4 Å². The number of carbonyl (C=O) groups is 1. The highest BCUT2D eigenvalue weighted by Gasteiger charge is 2.19. The van der Waals surface area contributed by atoms with E-state index in [1.54, 1.807) is 43.5 Å². The third kappa shape index (κ3) is 5.05. The quantitative estimate of drug-likeness (QED) is 0.317.